The van der Waals surface area contributed by atoms with Gasteiger partial charge in [-0.05, 0) is 69.7 Å². The van der Waals surface area contributed by atoms with Gasteiger partial charge in [-0.2, -0.15) is 4.39 Å². The first kappa shape index (κ1) is 27.7. The average Bonchev–Trinajstić information content (AvgIpc) is 3.53. The van der Waals surface area contributed by atoms with Gasteiger partial charge in [0.1, 0.15) is 24.1 Å². The average molecular weight is 579 g/mol. The van der Waals surface area contributed by atoms with Gasteiger partial charge in [-0.3, -0.25) is 4.79 Å². The second kappa shape index (κ2) is 11.1. The SMILES string of the molecule is Cc1ccc(OC[C@H](O)CNc2cc[nH]c(=O)c2-c2nc3cc4c(O)n(C5CCN(C)CC5)cc4cc3[nH]2)c(F)c1F. The van der Waals surface area contributed by atoms with E-state index in [0.717, 1.165) is 31.3 Å². The van der Waals surface area contributed by atoms with Crippen molar-refractivity contribution in [1.82, 2.24) is 24.4 Å². The Morgan fingerprint density at radius 3 is 2.76 bits per heavy atom. The van der Waals surface area contributed by atoms with Gasteiger partial charge in [-0.25, -0.2) is 9.37 Å². The van der Waals surface area contributed by atoms with Gasteiger partial charge in [0.15, 0.2) is 17.4 Å². The van der Waals surface area contributed by atoms with Crippen LogP contribution in [0, 0.1) is 18.6 Å². The van der Waals surface area contributed by atoms with Crippen molar-refractivity contribution in [2.75, 3.05) is 38.6 Å². The van der Waals surface area contributed by atoms with E-state index in [4.69, 9.17) is 4.74 Å². The molecule has 0 unspecified atom stereocenters. The number of aromatic amines is 2. The lowest BCUT2D eigenvalue weighted by molar-refractivity contribution is 0.114. The van der Waals surface area contributed by atoms with Crippen molar-refractivity contribution >= 4 is 27.5 Å². The number of anilines is 1. The van der Waals surface area contributed by atoms with Crippen molar-refractivity contribution < 1.29 is 23.7 Å². The molecule has 1 aliphatic rings. The molecule has 1 aliphatic heterocycles. The molecule has 1 fully saturated rings. The highest BCUT2D eigenvalue weighted by atomic mass is 19.2. The monoisotopic (exact) mass is 578 g/mol. The number of nitrogens with one attached hydrogen (secondary N) is 3. The summed E-state index contributed by atoms with van der Waals surface area (Å²) >= 11 is 0. The first-order valence-electron chi connectivity index (χ1n) is 13.8. The van der Waals surface area contributed by atoms with Crippen molar-refractivity contribution in [2.24, 2.45) is 0 Å². The van der Waals surface area contributed by atoms with Crippen LogP contribution >= 0.6 is 0 Å². The van der Waals surface area contributed by atoms with Gasteiger partial charge in [0.05, 0.1) is 16.7 Å². The standard InChI is InChI=1S/C30H32F2N6O4/c1-16-3-4-24(27(32)26(16)31)42-15-19(39)13-34-21-5-8-33-29(40)25(21)28-35-22-11-17-14-38(18-6-9-37(2)10-7-18)30(41)20(17)12-23(22)36-28/h3-5,8,11-12,14,18-19,39,41H,6-7,9-10,13,15H2,1-2H3,(H,35,36)(H2,33,34,40)/t19-/m1/s1. The van der Waals surface area contributed by atoms with Crippen LogP contribution in [0.3, 0.4) is 0 Å². The molecule has 0 saturated carbocycles. The van der Waals surface area contributed by atoms with Crippen LogP contribution in [0.1, 0.15) is 24.4 Å². The van der Waals surface area contributed by atoms with Crippen LogP contribution in [0.5, 0.6) is 11.6 Å². The minimum atomic E-state index is -1.11. The van der Waals surface area contributed by atoms with Crippen molar-refractivity contribution in [1.29, 1.82) is 0 Å². The highest BCUT2D eigenvalue weighted by Gasteiger charge is 2.23. The highest BCUT2D eigenvalue weighted by molar-refractivity contribution is 5.99. The van der Waals surface area contributed by atoms with Crippen molar-refractivity contribution in [3.05, 3.63) is 70.3 Å². The van der Waals surface area contributed by atoms with Crippen molar-refractivity contribution in [3.8, 4) is 23.0 Å². The molecule has 42 heavy (non-hydrogen) atoms. The van der Waals surface area contributed by atoms with Gasteiger partial charge in [0, 0.05) is 35.8 Å². The van der Waals surface area contributed by atoms with Crippen LogP contribution in [-0.2, 0) is 0 Å². The Bertz CT molecular complexity index is 1820. The molecular formula is C30H32F2N6O4. The quantitative estimate of drug-likeness (QED) is 0.186. The van der Waals surface area contributed by atoms with Gasteiger partial charge in [0.25, 0.3) is 5.56 Å². The molecule has 220 valence electrons. The Hall–Kier alpha value is -4.42. The van der Waals surface area contributed by atoms with Crippen molar-refractivity contribution in [3.63, 3.8) is 0 Å². The van der Waals surface area contributed by atoms with Gasteiger partial charge >= 0.3 is 0 Å². The summed E-state index contributed by atoms with van der Waals surface area (Å²) in [4.78, 5) is 25.7. The molecule has 0 bridgehead atoms. The lowest BCUT2D eigenvalue weighted by Crippen LogP contribution is -2.31. The molecular weight excluding hydrogens is 546 g/mol. The molecule has 5 N–H and O–H groups in total. The molecule has 12 heteroatoms. The minimum absolute atomic E-state index is 0.0362. The number of ether oxygens (including phenoxy) is 1. The molecule has 10 nitrogen and oxygen atoms in total. The summed E-state index contributed by atoms with van der Waals surface area (Å²) in [5.41, 5.74) is 1.69. The van der Waals surface area contributed by atoms with E-state index in [1.165, 1.54) is 25.3 Å². The molecule has 5 aromatic rings. The molecule has 0 amide bonds. The molecule has 1 saturated heterocycles. The zero-order chi connectivity index (χ0) is 29.5. The number of aromatic nitrogens is 4. The largest absolute Gasteiger partial charge is 0.494 e. The third-order valence-electron chi connectivity index (χ3n) is 7.90. The summed E-state index contributed by atoms with van der Waals surface area (Å²) in [5, 5.41) is 26.0. The fourth-order valence-electron chi connectivity index (χ4n) is 5.47. The Morgan fingerprint density at radius 1 is 1.19 bits per heavy atom. The third-order valence-corrected chi connectivity index (χ3v) is 7.90. The van der Waals surface area contributed by atoms with Crippen LogP contribution in [-0.4, -0.2) is 74.0 Å². The lowest BCUT2D eigenvalue weighted by Gasteiger charge is -2.30. The number of rotatable bonds is 8. The second-order valence-corrected chi connectivity index (χ2v) is 10.9. The second-order valence-electron chi connectivity index (χ2n) is 10.9. The Kier molecular flexibility index (Phi) is 7.33. The smallest absolute Gasteiger partial charge is 0.261 e. The van der Waals surface area contributed by atoms with Gasteiger partial charge < -0.3 is 39.7 Å². The fourth-order valence-corrected chi connectivity index (χ4v) is 5.47. The number of H-pyrrole nitrogens is 2. The number of hydrogen-bond donors (Lipinski definition) is 5. The number of aliphatic hydroxyl groups is 1. The van der Waals surface area contributed by atoms with E-state index in [-0.39, 0.29) is 41.9 Å². The van der Waals surface area contributed by atoms with Gasteiger partial charge in [-0.1, -0.05) is 6.07 Å². The van der Waals surface area contributed by atoms with E-state index in [0.29, 0.717) is 27.9 Å². The summed E-state index contributed by atoms with van der Waals surface area (Å²) in [6.07, 6.45) is 4.25. The van der Waals surface area contributed by atoms with Crippen LogP contribution in [0.25, 0.3) is 33.2 Å². The van der Waals surface area contributed by atoms with Crippen LogP contribution in [0.4, 0.5) is 14.5 Å². The predicted molar refractivity (Wildman–Crippen MR) is 156 cm³/mol. The number of hydrogen-bond acceptors (Lipinski definition) is 7. The summed E-state index contributed by atoms with van der Waals surface area (Å²) < 4.78 is 35.1. The summed E-state index contributed by atoms with van der Waals surface area (Å²) in [5.74, 6) is -1.88. The van der Waals surface area contributed by atoms with Crippen LogP contribution in [0.15, 0.2) is 47.5 Å². The number of fused-ring (bicyclic) bond motifs is 2. The van der Waals surface area contributed by atoms with Crippen LogP contribution < -0.4 is 15.6 Å². The first-order chi connectivity index (χ1) is 20.2. The Labute approximate surface area is 239 Å². The van der Waals surface area contributed by atoms with E-state index in [9.17, 15) is 23.8 Å². The predicted octanol–water partition coefficient (Wildman–Crippen LogP) is 4.28. The molecule has 3 aromatic heterocycles. The topological polar surface area (TPSA) is 131 Å². The lowest BCUT2D eigenvalue weighted by atomic mass is 10.1. The van der Waals surface area contributed by atoms with E-state index in [1.54, 1.807) is 6.07 Å². The molecule has 0 aliphatic carbocycles. The first-order valence-corrected chi connectivity index (χ1v) is 13.8. The van der Waals surface area contributed by atoms with Crippen LogP contribution in [0.2, 0.25) is 0 Å². The number of benzene rings is 2. The van der Waals surface area contributed by atoms with E-state index < -0.39 is 23.3 Å². The maximum absolute atomic E-state index is 14.1. The molecule has 4 heterocycles. The molecule has 1 atom stereocenters. The number of pyridine rings is 1. The fraction of sp³-hybridized carbons (Fsp3) is 0.333. The van der Waals surface area contributed by atoms with Gasteiger partial charge in [-0.15, -0.1) is 0 Å². The minimum Gasteiger partial charge on any atom is -0.494 e. The number of piperidine rings is 1. The van der Waals surface area contributed by atoms with E-state index in [1.807, 2.05) is 22.9 Å². The molecule has 0 spiro atoms. The number of nitrogens with zero attached hydrogens (tertiary/aromatic N) is 3. The zero-order valence-corrected chi connectivity index (χ0v) is 23.2. The highest BCUT2D eigenvalue weighted by Crippen LogP contribution is 2.36. The summed E-state index contributed by atoms with van der Waals surface area (Å²) in [6.45, 7) is 3.06. The zero-order valence-electron chi connectivity index (χ0n) is 23.2. The van der Waals surface area contributed by atoms with E-state index in [2.05, 4.69) is 32.2 Å². The van der Waals surface area contributed by atoms with E-state index >= 15 is 0 Å². The maximum Gasteiger partial charge on any atom is 0.261 e. The number of aliphatic hydroxyl groups excluding tert-OH is 1. The number of likely N-dealkylation sites (tertiary alicyclic amines) is 1. The number of halogens is 2. The molecule has 0 radical (unpaired) electrons. The van der Waals surface area contributed by atoms with Crippen molar-refractivity contribution in [2.45, 2.75) is 31.9 Å². The third kappa shape index (κ3) is 5.19. The Balaban J connectivity index is 1.21. The summed E-state index contributed by atoms with van der Waals surface area (Å²) in [7, 11) is 2.10. The number of aryl methyl sites for hydroxylation is 1. The van der Waals surface area contributed by atoms with Gasteiger partial charge in [0.2, 0.25) is 5.82 Å². The number of aromatic hydroxyl groups is 1. The Morgan fingerprint density at radius 2 is 1.98 bits per heavy atom. The normalized spacial score (nSPS) is 15.5. The molecule has 2 aromatic carbocycles. The summed E-state index contributed by atoms with van der Waals surface area (Å²) in [6, 6.07) is 8.28. The maximum atomic E-state index is 14.1. The number of imidazole rings is 1. The molecule has 6 rings (SSSR count).